The average Bonchev–Trinajstić information content (AvgIpc) is 2.85. The SMILES string of the molecule is O=C(CSC(=O)N[C@H]1CCOC1=O)Nc1ccc(Cl)cc1Cl. The maximum absolute atomic E-state index is 11.8. The monoisotopic (exact) mass is 362 g/mol. The summed E-state index contributed by atoms with van der Waals surface area (Å²) in [6.45, 7) is 0.296. The number of amides is 2. The number of esters is 1. The van der Waals surface area contributed by atoms with Gasteiger partial charge in [0.05, 0.1) is 23.1 Å². The van der Waals surface area contributed by atoms with Crippen molar-refractivity contribution in [2.45, 2.75) is 12.5 Å². The van der Waals surface area contributed by atoms with Crippen LogP contribution in [0.3, 0.4) is 0 Å². The molecule has 1 fully saturated rings. The average molecular weight is 363 g/mol. The number of rotatable bonds is 4. The van der Waals surface area contributed by atoms with Crippen LogP contribution in [0.2, 0.25) is 10.0 Å². The number of carbonyl (C=O) groups is 3. The molecule has 0 saturated carbocycles. The van der Waals surface area contributed by atoms with Gasteiger partial charge in [-0.15, -0.1) is 0 Å². The van der Waals surface area contributed by atoms with E-state index in [2.05, 4.69) is 10.6 Å². The van der Waals surface area contributed by atoms with E-state index in [0.717, 1.165) is 11.8 Å². The van der Waals surface area contributed by atoms with Gasteiger partial charge in [0.2, 0.25) is 5.91 Å². The van der Waals surface area contributed by atoms with Crippen LogP contribution in [0.1, 0.15) is 6.42 Å². The Kier molecular flexibility index (Phi) is 5.93. The summed E-state index contributed by atoms with van der Waals surface area (Å²) in [6, 6.07) is 4.04. The topological polar surface area (TPSA) is 84.5 Å². The van der Waals surface area contributed by atoms with Gasteiger partial charge in [0, 0.05) is 11.4 Å². The van der Waals surface area contributed by atoms with Crippen LogP contribution < -0.4 is 10.6 Å². The molecule has 0 unspecified atom stereocenters. The van der Waals surface area contributed by atoms with E-state index in [-0.39, 0.29) is 5.75 Å². The second kappa shape index (κ2) is 7.71. The molecular weight excluding hydrogens is 351 g/mol. The lowest BCUT2D eigenvalue weighted by atomic mass is 10.3. The van der Waals surface area contributed by atoms with Gasteiger partial charge in [0.1, 0.15) is 6.04 Å². The predicted molar refractivity (Wildman–Crippen MR) is 85.4 cm³/mol. The highest BCUT2D eigenvalue weighted by atomic mass is 35.5. The van der Waals surface area contributed by atoms with E-state index in [4.69, 9.17) is 27.9 Å². The Balaban J connectivity index is 1.77. The lowest BCUT2D eigenvalue weighted by molar-refractivity contribution is -0.139. The number of nitrogens with one attached hydrogen (secondary N) is 2. The molecular formula is C13H12Cl2N2O4S. The first-order valence-corrected chi connectivity index (χ1v) is 8.04. The first-order chi connectivity index (χ1) is 10.5. The summed E-state index contributed by atoms with van der Waals surface area (Å²) in [6.07, 6.45) is 0.442. The molecule has 2 amide bonds. The summed E-state index contributed by atoms with van der Waals surface area (Å²) in [5.41, 5.74) is 0.413. The highest BCUT2D eigenvalue weighted by Crippen LogP contribution is 2.25. The molecule has 1 heterocycles. The van der Waals surface area contributed by atoms with Crippen LogP contribution in [0.25, 0.3) is 0 Å². The van der Waals surface area contributed by atoms with E-state index in [1.165, 1.54) is 6.07 Å². The van der Waals surface area contributed by atoms with Crippen LogP contribution in [0.5, 0.6) is 0 Å². The normalized spacial score (nSPS) is 17.0. The van der Waals surface area contributed by atoms with Crippen molar-refractivity contribution in [2.75, 3.05) is 17.7 Å². The molecule has 1 aliphatic rings. The largest absolute Gasteiger partial charge is 0.464 e. The molecule has 9 heteroatoms. The zero-order valence-electron chi connectivity index (χ0n) is 11.2. The fourth-order valence-electron chi connectivity index (χ4n) is 1.72. The molecule has 2 rings (SSSR count). The van der Waals surface area contributed by atoms with Crippen molar-refractivity contribution in [1.29, 1.82) is 0 Å². The maximum Gasteiger partial charge on any atom is 0.328 e. The summed E-state index contributed by atoms with van der Waals surface area (Å²) in [4.78, 5) is 34.6. The fourth-order valence-corrected chi connectivity index (χ4v) is 2.73. The number of hydrogen-bond donors (Lipinski definition) is 2. The van der Waals surface area contributed by atoms with Crippen LogP contribution in [-0.4, -0.2) is 35.5 Å². The minimum absolute atomic E-state index is 0.105. The molecule has 0 bridgehead atoms. The van der Waals surface area contributed by atoms with E-state index in [0.29, 0.717) is 28.8 Å². The van der Waals surface area contributed by atoms with Gasteiger partial charge in [-0.05, 0) is 18.2 Å². The Morgan fingerprint density at radius 3 is 2.77 bits per heavy atom. The van der Waals surface area contributed by atoms with E-state index < -0.39 is 23.2 Å². The van der Waals surface area contributed by atoms with Crippen LogP contribution >= 0.6 is 35.0 Å². The van der Waals surface area contributed by atoms with Crippen molar-refractivity contribution in [3.05, 3.63) is 28.2 Å². The van der Waals surface area contributed by atoms with Crippen LogP contribution in [0, 0.1) is 0 Å². The second-order valence-electron chi connectivity index (χ2n) is 4.40. The van der Waals surface area contributed by atoms with Crippen molar-refractivity contribution in [3.8, 4) is 0 Å². The van der Waals surface area contributed by atoms with Crippen LogP contribution in [-0.2, 0) is 14.3 Å². The van der Waals surface area contributed by atoms with Crippen LogP contribution in [0.15, 0.2) is 18.2 Å². The van der Waals surface area contributed by atoms with Gasteiger partial charge in [0.25, 0.3) is 5.24 Å². The summed E-state index contributed by atoms with van der Waals surface area (Å²) in [5.74, 6) is -0.947. The molecule has 1 atom stereocenters. The third-order valence-electron chi connectivity index (χ3n) is 2.77. The molecule has 6 nitrogen and oxygen atoms in total. The highest BCUT2D eigenvalue weighted by molar-refractivity contribution is 8.14. The molecule has 0 radical (unpaired) electrons. The van der Waals surface area contributed by atoms with Crippen molar-refractivity contribution < 1.29 is 19.1 Å². The Labute approximate surface area is 140 Å². The number of hydrogen-bond acceptors (Lipinski definition) is 5. The van der Waals surface area contributed by atoms with Gasteiger partial charge in [-0.3, -0.25) is 9.59 Å². The van der Waals surface area contributed by atoms with E-state index >= 15 is 0 Å². The molecule has 0 aliphatic carbocycles. The van der Waals surface area contributed by atoms with Crippen molar-refractivity contribution in [1.82, 2.24) is 5.32 Å². The predicted octanol–water partition coefficient (Wildman–Crippen LogP) is 2.69. The summed E-state index contributed by atoms with van der Waals surface area (Å²) < 4.78 is 4.73. The maximum atomic E-state index is 11.8. The van der Waals surface area contributed by atoms with Gasteiger partial charge in [-0.1, -0.05) is 35.0 Å². The fraction of sp³-hybridized carbons (Fsp3) is 0.308. The van der Waals surface area contributed by atoms with Gasteiger partial charge in [-0.25, -0.2) is 4.79 Å². The summed E-state index contributed by atoms with van der Waals surface area (Å²) >= 11 is 12.4. The molecule has 2 N–H and O–H groups in total. The summed E-state index contributed by atoms with van der Waals surface area (Å²) in [5, 5.41) is 5.38. The molecule has 1 saturated heterocycles. The van der Waals surface area contributed by atoms with E-state index in [1.54, 1.807) is 12.1 Å². The Morgan fingerprint density at radius 1 is 1.36 bits per heavy atom. The number of halogens is 2. The van der Waals surface area contributed by atoms with E-state index in [9.17, 15) is 14.4 Å². The molecule has 0 spiro atoms. The minimum atomic E-state index is -0.631. The number of anilines is 1. The zero-order chi connectivity index (χ0) is 16.1. The highest BCUT2D eigenvalue weighted by Gasteiger charge is 2.28. The number of benzene rings is 1. The quantitative estimate of drug-likeness (QED) is 0.804. The second-order valence-corrected chi connectivity index (χ2v) is 6.19. The van der Waals surface area contributed by atoms with Gasteiger partial charge in [-0.2, -0.15) is 0 Å². The third-order valence-corrected chi connectivity index (χ3v) is 4.10. The zero-order valence-corrected chi connectivity index (χ0v) is 13.6. The van der Waals surface area contributed by atoms with Crippen molar-refractivity contribution in [2.24, 2.45) is 0 Å². The van der Waals surface area contributed by atoms with Gasteiger partial charge in [0.15, 0.2) is 0 Å². The van der Waals surface area contributed by atoms with Crippen LogP contribution in [0.4, 0.5) is 10.5 Å². The molecule has 22 heavy (non-hydrogen) atoms. The number of cyclic esters (lactones) is 1. The number of ether oxygens (including phenoxy) is 1. The molecule has 1 aromatic rings. The Morgan fingerprint density at radius 2 is 2.14 bits per heavy atom. The summed E-state index contributed by atoms with van der Waals surface area (Å²) in [7, 11) is 0. The molecule has 1 aliphatic heterocycles. The molecule has 0 aromatic heterocycles. The van der Waals surface area contributed by atoms with Gasteiger partial charge < -0.3 is 15.4 Å². The lowest BCUT2D eigenvalue weighted by Crippen LogP contribution is -2.36. The lowest BCUT2D eigenvalue weighted by Gasteiger charge is -2.09. The Bertz CT molecular complexity index is 612. The van der Waals surface area contributed by atoms with Crippen molar-refractivity contribution in [3.63, 3.8) is 0 Å². The molecule has 1 aromatic carbocycles. The number of carbonyl (C=O) groups excluding carboxylic acids is 3. The standard InChI is InChI=1S/C13H12Cl2N2O4S/c14-7-1-2-9(8(15)5-7)16-11(18)6-22-13(20)17-10-3-4-21-12(10)19/h1-2,5,10H,3-4,6H2,(H,16,18)(H,17,20)/t10-/m0/s1. The molecule has 118 valence electrons. The Hall–Kier alpha value is -1.44. The van der Waals surface area contributed by atoms with Crippen molar-refractivity contribution >= 4 is 57.8 Å². The first kappa shape index (κ1) is 16.9. The minimum Gasteiger partial charge on any atom is -0.464 e. The smallest absolute Gasteiger partial charge is 0.328 e. The third kappa shape index (κ3) is 4.79. The number of thioether (sulfide) groups is 1. The first-order valence-electron chi connectivity index (χ1n) is 6.30. The van der Waals surface area contributed by atoms with E-state index in [1.807, 2.05) is 0 Å². The van der Waals surface area contributed by atoms with Gasteiger partial charge >= 0.3 is 5.97 Å².